The molecule has 9 heteroatoms. The van der Waals surface area contributed by atoms with E-state index in [0.717, 1.165) is 5.56 Å². The average Bonchev–Trinajstić information content (AvgIpc) is 2.79. The highest BCUT2D eigenvalue weighted by Crippen LogP contribution is 2.13. The van der Waals surface area contributed by atoms with Gasteiger partial charge in [-0.05, 0) is 35.9 Å². The number of carbonyl (C=O) groups excluding carboxylic acids is 2. The molecule has 8 nitrogen and oxygen atoms in total. The molecule has 1 aliphatic rings. The van der Waals surface area contributed by atoms with E-state index >= 15 is 0 Å². The molecule has 3 rings (SSSR count). The first-order valence-corrected chi connectivity index (χ1v) is 11.5. The van der Waals surface area contributed by atoms with Gasteiger partial charge >= 0.3 is 0 Å². The van der Waals surface area contributed by atoms with Crippen LogP contribution in [0.5, 0.6) is 0 Å². The second kappa shape index (κ2) is 10.3. The topological polar surface area (TPSA) is 98.8 Å². The first-order valence-electron chi connectivity index (χ1n) is 9.95. The van der Waals surface area contributed by atoms with Crippen LogP contribution in [0.2, 0.25) is 0 Å². The van der Waals surface area contributed by atoms with Gasteiger partial charge in [0.05, 0.1) is 6.54 Å². The third-order valence-electron chi connectivity index (χ3n) is 4.95. The molecule has 0 unspecified atom stereocenters. The minimum atomic E-state index is -3.50. The van der Waals surface area contributed by atoms with Gasteiger partial charge in [0.25, 0.3) is 5.91 Å². The summed E-state index contributed by atoms with van der Waals surface area (Å²) in [4.78, 5) is 25.8. The van der Waals surface area contributed by atoms with E-state index in [9.17, 15) is 18.0 Å². The van der Waals surface area contributed by atoms with E-state index < -0.39 is 10.0 Å². The first kappa shape index (κ1) is 22.7. The van der Waals surface area contributed by atoms with Gasteiger partial charge in [0, 0.05) is 49.9 Å². The van der Waals surface area contributed by atoms with Crippen LogP contribution in [0, 0.1) is 0 Å². The number of anilines is 1. The SMILES string of the molecule is CNC(=O)c1ccc(NC(=O)CN2CCN(S(=O)(=O)/C=C/c3ccccc3)CC2)cc1. The predicted octanol–water partition coefficient (Wildman–Crippen LogP) is 1.60. The van der Waals surface area contributed by atoms with Gasteiger partial charge in [0.15, 0.2) is 0 Å². The standard InChI is InChI=1S/C22H26N4O4S/c1-23-22(28)19-7-9-20(10-8-19)24-21(27)17-25-12-14-26(15-13-25)31(29,30)16-11-18-5-3-2-4-6-18/h2-11,16H,12-15,17H2,1H3,(H,23,28)(H,24,27)/b16-11+. The van der Waals surface area contributed by atoms with Gasteiger partial charge in [0.1, 0.15) is 0 Å². The molecule has 2 aromatic rings. The lowest BCUT2D eigenvalue weighted by atomic mass is 10.2. The van der Waals surface area contributed by atoms with Crippen LogP contribution in [0.3, 0.4) is 0 Å². The Hall–Kier alpha value is -3.01. The monoisotopic (exact) mass is 442 g/mol. The van der Waals surface area contributed by atoms with Crippen LogP contribution in [-0.2, 0) is 14.8 Å². The Morgan fingerprint density at radius 3 is 2.23 bits per heavy atom. The third-order valence-corrected chi connectivity index (χ3v) is 6.51. The first-order chi connectivity index (χ1) is 14.9. The normalized spacial score (nSPS) is 15.6. The lowest BCUT2D eigenvalue weighted by molar-refractivity contribution is -0.117. The van der Waals surface area contributed by atoms with E-state index in [1.54, 1.807) is 37.4 Å². The number of hydrogen-bond acceptors (Lipinski definition) is 5. The van der Waals surface area contributed by atoms with E-state index in [2.05, 4.69) is 10.6 Å². The van der Waals surface area contributed by atoms with Crippen LogP contribution in [0.25, 0.3) is 6.08 Å². The number of sulfonamides is 1. The Morgan fingerprint density at radius 1 is 0.968 bits per heavy atom. The van der Waals surface area contributed by atoms with Crippen molar-refractivity contribution in [2.24, 2.45) is 0 Å². The zero-order valence-electron chi connectivity index (χ0n) is 17.3. The molecular formula is C22H26N4O4S. The minimum absolute atomic E-state index is 0.172. The fourth-order valence-electron chi connectivity index (χ4n) is 3.21. The Labute approximate surface area is 182 Å². The van der Waals surface area contributed by atoms with Crippen molar-refractivity contribution in [3.8, 4) is 0 Å². The van der Waals surface area contributed by atoms with E-state index in [1.807, 2.05) is 35.2 Å². The highest BCUT2D eigenvalue weighted by atomic mass is 32.2. The van der Waals surface area contributed by atoms with Crippen molar-refractivity contribution in [1.29, 1.82) is 0 Å². The fraction of sp³-hybridized carbons (Fsp3) is 0.273. The highest BCUT2D eigenvalue weighted by Gasteiger charge is 2.25. The average molecular weight is 443 g/mol. The maximum absolute atomic E-state index is 12.5. The van der Waals surface area contributed by atoms with Crippen LogP contribution >= 0.6 is 0 Å². The van der Waals surface area contributed by atoms with Gasteiger partial charge in [-0.3, -0.25) is 14.5 Å². The van der Waals surface area contributed by atoms with Gasteiger partial charge in [-0.2, -0.15) is 4.31 Å². The van der Waals surface area contributed by atoms with Crippen molar-refractivity contribution >= 4 is 33.6 Å². The second-order valence-electron chi connectivity index (χ2n) is 7.14. The molecular weight excluding hydrogens is 416 g/mol. The number of nitrogens with zero attached hydrogens (tertiary/aromatic N) is 2. The lowest BCUT2D eigenvalue weighted by Gasteiger charge is -2.32. The van der Waals surface area contributed by atoms with E-state index in [-0.39, 0.29) is 18.4 Å². The largest absolute Gasteiger partial charge is 0.355 e. The molecule has 0 radical (unpaired) electrons. The molecule has 0 atom stereocenters. The summed E-state index contributed by atoms with van der Waals surface area (Å²) in [5.41, 5.74) is 1.94. The minimum Gasteiger partial charge on any atom is -0.355 e. The maximum Gasteiger partial charge on any atom is 0.251 e. The van der Waals surface area contributed by atoms with E-state index in [0.29, 0.717) is 37.4 Å². The number of rotatable bonds is 7. The molecule has 0 bridgehead atoms. The number of nitrogens with one attached hydrogen (secondary N) is 2. The van der Waals surface area contributed by atoms with Crippen LogP contribution in [-0.4, -0.2) is 69.2 Å². The van der Waals surface area contributed by atoms with Crippen LogP contribution in [0.15, 0.2) is 60.0 Å². The van der Waals surface area contributed by atoms with E-state index in [1.165, 1.54) is 9.71 Å². The third kappa shape index (κ3) is 6.48. The summed E-state index contributed by atoms with van der Waals surface area (Å²) in [6, 6.07) is 15.9. The molecule has 31 heavy (non-hydrogen) atoms. The Bertz CT molecular complexity index is 1030. The number of amides is 2. The summed E-state index contributed by atoms with van der Waals surface area (Å²) in [5, 5.41) is 6.57. The highest BCUT2D eigenvalue weighted by molar-refractivity contribution is 7.92. The van der Waals surface area contributed by atoms with Gasteiger partial charge in [-0.1, -0.05) is 30.3 Å². The summed E-state index contributed by atoms with van der Waals surface area (Å²) in [6.07, 6.45) is 1.59. The van der Waals surface area contributed by atoms with Crippen LogP contribution in [0.4, 0.5) is 5.69 Å². The predicted molar refractivity (Wildman–Crippen MR) is 121 cm³/mol. The summed E-state index contributed by atoms with van der Waals surface area (Å²) in [5.74, 6) is -0.378. The molecule has 1 saturated heterocycles. The van der Waals surface area contributed by atoms with Crippen molar-refractivity contribution < 1.29 is 18.0 Å². The number of carbonyl (C=O) groups is 2. The molecule has 1 aliphatic heterocycles. The lowest BCUT2D eigenvalue weighted by Crippen LogP contribution is -2.49. The van der Waals surface area contributed by atoms with Crippen molar-refractivity contribution in [1.82, 2.24) is 14.5 Å². The molecule has 0 aromatic heterocycles. The summed E-state index contributed by atoms with van der Waals surface area (Å²) < 4.78 is 26.5. The van der Waals surface area contributed by atoms with Crippen LogP contribution < -0.4 is 10.6 Å². The second-order valence-corrected chi connectivity index (χ2v) is 8.96. The van der Waals surface area contributed by atoms with Crippen molar-refractivity contribution in [2.45, 2.75) is 0 Å². The van der Waals surface area contributed by atoms with Gasteiger partial charge in [-0.15, -0.1) is 0 Å². The molecule has 2 N–H and O–H groups in total. The molecule has 1 fully saturated rings. The van der Waals surface area contributed by atoms with Crippen molar-refractivity contribution in [2.75, 3.05) is 45.1 Å². The van der Waals surface area contributed by atoms with Crippen LogP contribution in [0.1, 0.15) is 15.9 Å². The number of hydrogen-bond donors (Lipinski definition) is 2. The van der Waals surface area contributed by atoms with Crippen molar-refractivity contribution in [3.63, 3.8) is 0 Å². The molecule has 0 spiro atoms. The molecule has 1 heterocycles. The van der Waals surface area contributed by atoms with Crippen molar-refractivity contribution in [3.05, 3.63) is 71.1 Å². The Morgan fingerprint density at radius 2 is 1.61 bits per heavy atom. The fourth-order valence-corrected chi connectivity index (χ4v) is 4.38. The quantitative estimate of drug-likeness (QED) is 0.679. The van der Waals surface area contributed by atoms with E-state index in [4.69, 9.17) is 0 Å². The molecule has 0 aliphatic carbocycles. The smallest absolute Gasteiger partial charge is 0.251 e. The van der Waals surface area contributed by atoms with Gasteiger partial charge in [-0.25, -0.2) is 8.42 Å². The maximum atomic E-state index is 12.5. The van der Waals surface area contributed by atoms with Gasteiger partial charge in [0.2, 0.25) is 15.9 Å². The molecule has 2 aromatic carbocycles. The number of piperazine rings is 1. The zero-order chi connectivity index (χ0) is 22.3. The zero-order valence-corrected chi connectivity index (χ0v) is 18.1. The van der Waals surface area contributed by atoms with Gasteiger partial charge < -0.3 is 10.6 Å². The summed E-state index contributed by atoms with van der Waals surface area (Å²) in [6.45, 7) is 1.78. The molecule has 2 amide bonds. The Balaban J connectivity index is 1.47. The summed E-state index contributed by atoms with van der Waals surface area (Å²) in [7, 11) is -1.94. The summed E-state index contributed by atoms with van der Waals surface area (Å²) >= 11 is 0. The molecule has 0 saturated carbocycles. The number of benzene rings is 2. The molecule has 164 valence electrons. The Kier molecular flexibility index (Phi) is 7.56.